The normalized spacial score (nSPS) is 17.8. The van der Waals surface area contributed by atoms with Gasteiger partial charge in [0.05, 0.1) is 13.2 Å². The molecule has 0 spiro atoms. The first-order chi connectivity index (χ1) is 17.7. The second-order valence-corrected chi connectivity index (χ2v) is 8.08. The molecule has 0 bridgehead atoms. The number of aliphatic carboxylic acids is 2. The average Bonchev–Trinajstić information content (AvgIpc) is 2.85. The molecule has 38 heavy (non-hydrogen) atoms. The van der Waals surface area contributed by atoms with E-state index in [9.17, 15) is 26.3 Å². The Hall–Kier alpha value is -3.39. The highest BCUT2D eigenvalue weighted by atomic mass is 19.4. The number of piperidine rings is 1. The first-order valence-electron chi connectivity index (χ1n) is 11.0. The standard InChI is InChI=1S/C20H26N2O2.2C2HF3O2/c1-23-19-7-5-16(6-8-19)12-18-15-22(11-9-20(18)24-2)14-17-4-3-10-21-13-17;2*3-2(4,5)1(6)7/h3-8,10,13,18,20H,9,11-12,14-15H2,1-2H3;2*(H,6,7)/t18-,20+;;/m0../s1. The topological polar surface area (TPSA) is 109 Å². The lowest BCUT2D eigenvalue weighted by molar-refractivity contribution is -0.193. The molecule has 1 fully saturated rings. The van der Waals surface area contributed by atoms with Gasteiger partial charge in [0.2, 0.25) is 0 Å². The monoisotopic (exact) mass is 554 g/mol. The number of halogens is 6. The van der Waals surface area contributed by atoms with Crippen molar-refractivity contribution >= 4 is 11.9 Å². The molecule has 2 N–H and O–H groups in total. The van der Waals surface area contributed by atoms with E-state index in [0.29, 0.717) is 12.0 Å². The van der Waals surface area contributed by atoms with Crippen molar-refractivity contribution in [1.82, 2.24) is 9.88 Å². The fraction of sp³-hybridized carbons (Fsp3) is 0.458. The quantitative estimate of drug-likeness (QED) is 0.505. The summed E-state index contributed by atoms with van der Waals surface area (Å²) in [5.41, 5.74) is 2.61. The van der Waals surface area contributed by atoms with Crippen LogP contribution in [0.2, 0.25) is 0 Å². The highest BCUT2D eigenvalue weighted by Gasteiger charge is 2.38. The summed E-state index contributed by atoms with van der Waals surface area (Å²) >= 11 is 0. The lowest BCUT2D eigenvalue weighted by atomic mass is 9.88. The van der Waals surface area contributed by atoms with E-state index in [1.165, 1.54) is 11.1 Å². The van der Waals surface area contributed by atoms with Crippen molar-refractivity contribution in [1.29, 1.82) is 0 Å². The van der Waals surface area contributed by atoms with Crippen LogP contribution in [0.25, 0.3) is 0 Å². The molecule has 0 radical (unpaired) electrons. The molecule has 0 aliphatic carbocycles. The minimum absolute atomic E-state index is 0.331. The number of carbonyl (C=O) groups is 2. The zero-order valence-corrected chi connectivity index (χ0v) is 20.5. The minimum Gasteiger partial charge on any atom is -0.497 e. The number of pyridine rings is 1. The second kappa shape index (κ2) is 15.1. The van der Waals surface area contributed by atoms with Crippen LogP contribution in [0.5, 0.6) is 5.75 Å². The Morgan fingerprint density at radius 2 is 1.53 bits per heavy atom. The van der Waals surface area contributed by atoms with Gasteiger partial charge in [0.1, 0.15) is 5.75 Å². The zero-order valence-electron chi connectivity index (χ0n) is 20.5. The number of likely N-dealkylation sites (tertiary alicyclic amines) is 1. The van der Waals surface area contributed by atoms with Gasteiger partial charge in [0, 0.05) is 45.1 Å². The summed E-state index contributed by atoms with van der Waals surface area (Å²) in [5.74, 6) is -4.10. The third-order valence-electron chi connectivity index (χ3n) is 5.32. The first kappa shape index (κ1) is 32.6. The van der Waals surface area contributed by atoms with Crippen LogP contribution < -0.4 is 4.74 Å². The van der Waals surface area contributed by atoms with Crippen molar-refractivity contribution in [2.75, 3.05) is 27.3 Å². The summed E-state index contributed by atoms with van der Waals surface area (Å²) in [6, 6.07) is 12.5. The molecule has 14 heteroatoms. The molecule has 8 nitrogen and oxygen atoms in total. The molecule has 1 aromatic carbocycles. The van der Waals surface area contributed by atoms with Gasteiger partial charge in [0.15, 0.2) is 0 Å². The number of carboxylic acid groups (broad SMARTS) is 2. The van der Waals surface area contributed by atoms with Crippen molar-refractivity contribution in [2.45, 2.75) is 37.8 Å². The first-order valence-corrected chi connectivity index (χ1v) is 11.0. The highest BCUT2D eigenvalue weighted by molar-refractivity contribution is 5.73. The largest absolute Gasteiger partial charge is 0.497 e. The SMILES string of the molecule is COc1ccc(C[C@H]2CN(Cc3cccnc3)CC[C@H]2OC)cc1.O=C(O)C(F)(F)F.O=C(O)C(F)(F)F. The lowest BCUT2D eigenvalue weighted by Gasteiger charge is -2.38. The Bertz CT molecular complexity index is 963. The van der Waals surface area contributed by atoms with E-state index in [2.05, 4.69) is 28.1 Å². The molecular formula is C24H28F6N2O6. The van der Waals surface area contributed by atoms with Crippen molar-refractivity contribution in [2.24, 2.45) is 5.92 Å². The minimum atomic E-state index is -5.08. The van der Waals surface area contributed by atoms with Crippen LogP contribution in [0.1, 0.15) is 17.5 Å². The van der Waals surface area contributed by atoms with Crippen LogP contribution >= 0.6 is 0 Å². The second-order valence-electron chi connectivity index (χ2n) is 8.08. The number of rotatable bonds is 6. The van der Waals surface area contributed by atoms with Gasteiger partial charge in [0.25, 0.3) is 0 Å². The predicted molar refractivity (Wildman–Crippen MR) is 122 cm³/mol. The summed E-state index contributed by atoms with van der Waals surface area (Å²) < 4.78 is 74.5. The molecule has 1 aliphatic heterocycles. The van der Waals surface area contributed by atoms with Crippen molar-refractivity contribution in [3.8, 4) is 5.75 Å². The van der Waals surface area contributed by atoms with Crippen LogP contribution in [0.15, 0.2) is 48.8 Å². The van der Waals surface area contributed by atoms with E-state index in [0.717, 1.165) is 38.2 Å². The van der Waals surface area contributed by atoms with Crippen LogP contribution in [0.3, 0.4) is 0 Å². The fourth-order valence-corrected chi connectivity index (χ4v) is 3.55. The summed E-state index contributed by atoms with van der Waals surface area (Å²) in [7, 11) is 3.54. The van der Waals surface area contributed by atoms with E-state index < -0.39 is 24.3 Å². The number of ether oxygens (including phenoxy) is 2. The zero-order chi connectivity index (χ0) is 28.9. The molecule has 1 aliphatic rings. The molecule has 1 saturated heterocycles. The number of aromatic nitrogens is 1. The molecular weight excluding hydrogens is 526 g/mol. The van der Waals surface area contributed by atoms with Gasteiger partial charge in [-0.25, -0.2) is 9.59 Å². The van der Waals surface area contributed by atoms with Crippen LogP contribution in [0.4, 0.5) is 26.3 Å². The van der Waals surface area contributed by atoms with Gasteiger partial charge in [-0.2, -0.15) is 26.3 Å². The summed E-state index contributed by atoms with van der Waals surface area (Å²) in [6.45, 7) is 3.09. The Balaban J connectivity index is 0.000000426. The van der Waals surface area contributed by atoms with Crippen LogP contribution in [0, 0.1) is 5.92 Å². The highest BCUT2D eigenvalue weighted by Crippen LogP contribution is 2.25. The van der Waals surface area contributed by atoms with Crippen LogP contribution in [-0.2, 0) is 27.3 Å². The van der Waals surface area contributed by atoms with E-state index in [1.54, 1.807) is 7.11 Å². The molecule has 0 saturated carbocycles. The maximum atomic E-state index is 10.6. The third-order valence-corrected chi connectivity index (χ3v) is 5.32. The maximum absolute atomic E-state index is 10.6. The number of alkyl halides is 6. The predicted octanol–water partition coefficient (Wildman–Crippen LogP) is 4.44. The number of hydrogen-bond acceptors (Lipinski definition) is 6. The third kappa shape index (κ3) is 12.2. The summed E-state index contributed by atoms with van der Waals surface area (Å²) in [5, 5.41) is 14.2. The smallest absolute Gasteiger partial charge is 0.490 e. The molecule has 212 valence electrons. The molecule has 2 aromatic rings. The number of hydrogen-bond donors (Lipinski definition) is 2. The molecule has 2 atom stereocenters. The van der Waals surface area contributed by atoms with Crippen molar-refractivity contribution in [3.63, 3.8) is 0 Å². The maximum Gasteiger partial charge on any atom is 0.490 e. The number of methoxy groups -OCH3 is 2. The van der Waals surface area contributed by atoms with Gasteiger partial charge < -0.3 is 19.7 Å². The fourth-order valence-electron chi connectivity index (χ4n) is 3.55. The molecule has 1 aromatic heterocycles. The van der Waals surface area contributed by atoms with Crippen molar-refractivity contribution in [3.05, 3.63) is 59.9 Å². The van der Waals surface area contributed by atoms with Crippen LogP contribution in [-0.4, -0.2) is 77.8 Å². The Morgan fingerprint density at radius 3 is 1.95 bits per heavy atom. The van der Waals surface area contributed by atoms with Gasteiger partial charge in [-0.15, -0.1) is 0 Å². The Kier molecular flexibility index (Phi) is 13.0. The van der Waals surface area contributed by atoms with Gasteiger partial charge in [-0.1, -0.05) is 18.2 Å². The average molecular weight is 554 g/mol. The van der Waals surface area contributed by atoms with Gasteiger partial charge >= 0.3 is 24.3 Å². The number of nitrogens with zero attached hydrogens (tertiary/aromatic N) is 2. The summed E-state index contributed by atoms with van der Waals surface area (Å²) in [6.07, 6.45) is -3.94. The Morgan fingerprint density at radius 1 is 0.974 bits per heavy atom. The molecule has 3 rings (SSSR count). The van der Waals surface area contributed by atoms with Gasteiger partial charge in [-0.05, 0) is 42.2 Å². The van der Waals surface area contributed by atoms with Gasteiger partial charge in [-0.3, -0.25) is 9.88 Å². The Labute approximate surface area is 214 Å². The number of benzene rings is 1. The number of carboxylic acids is 2. The summed E-state index contributed by atoms with van der Waals surface area (Å²) in [4.78, 5) is 24.5. The molecule has 0 amide bonds. The lowest BCUT2D eigenvalue weighted by Crippen LogP contribution is -2.44. The van der Waals surface area contributed by atoms with E-state index >= 15 is 0 Å². The van der Waals surface area contributed by atoms with E-state index in [1.807, 2.05) is 37.7 Å². The van der Waals surface area contributed by atoms with E-state index in [-0.39, 0.29) is 0 Å². The molecule has 2 heterocycles. The molecule has 0 unspecified atom stereocenters. The van der Waals surface area contributed by atoms with Crippen molar-refractivity contribution < 1.29 is 55.6 Å². The van der Waals surface area contributed by atoms with E-state index in [4.69, 9.17) is 29.3 Å².